The van der Waals surface area contributed by atoms with Gasteiger partial charge in [0.05, 0.1) is 23.4 Å². The summed E-state index contributed by atoms with van der Waals surface area (Å²) in [5.41, 5.74) is 1.30. The molecule has 2 amide bonds. The summed E-state index contributed by atoms with van der Waals surface area (Å²) in [6.45, 7) is 7.14. The van der Waals surface area contributed by atoms with Gasteiger partial charge in [-0.05, 0) is 49.6 Å². The number of halogens is 1. The predicted molar refractivity (Wildman–Crippen MR) is 111 cm³/mol. The van der Waals surface area contributed by atoms with Gasteiger partial charge in [-0.15, -0.1) is 0 Å². The highest BCUT2D eigenvalue weighted by atomic mass is 79.9. The molecule has 0 atom stereocenters. The molecule has 2 aromatic rings. The molecule has 0 radical (unpaired) electrons. The molecule has 5 nitrogen and oxygen atoms in total. The van der Waals surface area contributed by atoms with Crippen LogP contribution in [0.25, 0.3) is 0 Å². The van der Waals surface area contributed by atoms with Gasteiger partial charge in [0.2, 0.25) is 0 Å². The number of nitrogens with one attached hydrogen (secondary N) is 2. The molecule has 2 rings (SSSR count). The van der Waals surface area contributed by atoms with Gasteiger partial charge in [-0.25, -0.2) is 0 Å². The number of anilines is 1. The molecule has 0 fully saturated rings. The molecule has 0 heterocycles. The maximum absolute atomic E-state index is 12.9. The number of benzene rings is 2. The molecule has 2 N–H and O–H groups in total. The highest BCUT2D eigenvalue weighted by Crippen LogP contribution is 2.25. The van der Waals surface area contributed by atoms with E-state index in [1.54, 1.807) is 36.4 Å². The molecule has 2 aromatic carbocycles. The van der Waals surface area contributed by atoms with E-state index in [9.17, 15) is 9.59 Å². The summed E-state index contributed by atoms with van der Waals surface area (Å²) in [4.78, 5) is 25.1. The Bertz CT molecular complexity index is 806. The molecule has 0 aromatic heterocycles. The standard InChI is InChI=1S/C21H25BrN2O3/c1-4-23-20(25)16-7-5-6-8-18(16)24-21(26)17-13-15(22)9-10-19(17)27-12-11-14(2)3/h5-10,13-14H,4,11-12H2,1-3H3,(H,23,25)(H,24,26). The Balaban J connectivity index is 2.23. The number of rotatable bonds is 8. The first-order chi connectivity index (χ1) is 12.9. The van der Waals surface area contributed by atoms with E-state index in [0.717, 1.165) is 10.9 Å². The lowest BCUT2D eigenvalue weighted by Gasteiger charge is -2.14. The normalized spacial score (nSPS) is 10.6. The fraction of sp³-hybridized carbons (Fsp3) is 0.333. The van der Waals surface area contributed by atoms with Crippen molar-refractivity contribution in [2.24, 2.45) is 5.92 Å². The van der Waals surface area contributed by atoms with Gasteiger partial charge in [-0.1, -0.05) is 41.9 Å². The quantitative estimate of drug-likeness (QED) is 0.624. The van der Waals surface area contributed by atoms with Gasteiger partial charge in [0, 0.05) is 11.0 Å². The third kappa shape index (κ3) is 6.10. The second-order valence-electron chi connectivity index (χ2n) is 6.53. The smallest absolute Gasteiger partial charge is 0.259 e. The number of para-hydroxylation sites is 1. The zero-order valence-corrected chi connectivity index (χ0v) is 17.4. The average Bonchev–Trinajstić information content (AvgIpc) is 2.63. The summed E-state index contributed by atoms with van der Waals surface area (Å²) in [6.07, 6.45) is 0.900. The van der Waals surface area contributed by atoms with Crippen molar-refractivity contribution in [1.82, 2.24) is 5.32 Å². The summed E-state index contributed by atoms with van der Waals surface area (Å²) in [6, 6.07) is 12.3. The number of carbonyl (C=O) groups is 2. The molecule has 0 aliphatic rings. The van der Waals surface area contributed by atoms with Gasteiger partial charge in [-0.3, -0.25) is 9.59 Å². The van der Waals surface area contributed by atoms with Crippen LogP contribution in [0.2, 0.25) is 0 Å². The van der Waals surface area contributed by atoms with Crippen LogP contribution in [0.4, 0.5) is 5.69 Å². The number of amides is 2. The second kappa shape index (κ2) is 10.1. The molecule has 0 unspecified atom stereocenters. The Labute approximate surface area is 168 Å². The lowest BCUT2D eigenvalue weighted by Crippen LogP contribution is -2.25. The first-order valence-electron chi connectivity index (χ1n) is 9.03. The van der Waals surface area contributed by atoms with Crippen LogP contribution in [-0.2, 0) is 0 Å². The zero-order chi connectivity index (χ0) is 19.8. The Morgan fingerprint density at radius 1 is 1.07 bits per heavy atom. The molecule has 0 bridgehead atoms. The van der Waals surface area contributed by atoms with Gasteiger partial charge in [0.1, 0.15) is 5.75 Å². The number of carbonyl (C=O) groups excluding carboxylic acids is 2. The van der Waals surface area contributed by atoms with Crippen LogP contribution >= 0.6 is 15.9 Å². The van der Waals surface area contributed by atoms with Crippen molar-refractivity contribution in [3.05, 3.63) is 58.1 Å². The van der Waals surface area contributed by atoms with Gasteiger partial charge in [0.15, 0.2) is 0 Å². The fourth-order valence-corrected chi connectivity index (χ4v) is 2.81. The Morgan fingerprint density at radius 2 is 1.81 bits per heavy atom. The predicted octanol–water partition coefficient (Wildman–Crippen LogP) is 4.88. The van der Waals surface area contributed by atoms with E-state index in [4.69, 9.17) is 4.74 Å². The molecular weight excluding hydrogens is 408 g/mol. The van der Waals surface area contributed by atoms with Crippen LogP contribution in [-0.4, -0.2) is 25.0 Å². The summed E-state index contributed by atoms with van der Waals surface area (Å²) in [5.74, 6) is 0.483. The Kier molecular flexibility index (Phi) is 7.85. The van der Waals surface area contributed by atoms with Crippen molar-refractivity contribution < 1.29 is 14.3 Å². The van der Waals surface area contributed by atoms with Crippen molar-refractivity contribution in [2.75, 3.05) is 18.5 Å². The average molecular weight is 433 g/mol. The summed E-state index contributed by atoms with van der Waals surface area (Å²) < 4.78 is 6.60. The fourth-order valence-electron chi connectivity index (χ4n) is 2.45. The Morgan fingerprint density at radius 3 is 2.52 bits per heavy atom. The third-order valence-corrected chi connectivity index (χ3v) is 4.39. The van der Waals surface area contributed by atoms with Crippen LogP contribution in [0.3, 0.4) is 0 Å². The molecule has 27 heavy (non-hydrogen) atoms. The lowest BCUT2D eigenvalue weighted by molar-refractivity contribution is 0.0956. The first kappa shape index (κ1) is 21.0. The highest BCUT2D eigenvalue weighted by molar-refractivity contribution is 9.10. The van der Waals surface area contributed by atoms with E-state index in [2.05, 4.69) is 40.4 Å². The molecule has 0 spiro atoms. The minimum absolute atomic E-state index is 0.226. The molecular formula is C21H25BrN2O3. The molecule has 0 saturated heterocycles. The zero-order valence-electron chi connectivity index (χ0n) is 15.8. The van der Waals surface area contributed by atoms with Gasteiger partial charge < -0.3 is 15.4 Å². The van der Waals surface area contributed by atoms with Crippen molar-refractivity contribution in [3.63, 3.8) is 0 Å². The number of ether oxygens (including phenoxy) is 1. The molecule has 0 aliphatic carbocycles. The monoisotopic (exact) mass is 432 g/mol. The van der Waals surface area contributed by atoms with E-state index < -0.39 is 0 Å². The maximum atomic E-state index is 12.9. The van der Waals surface area contributed by atoms with Crippen molar-refractivity contribution in [3.8, 4) is 5.75 Å². The van der Waals surface area contributed by atoms with Gasteiger partial charge >= 0.3 is 0 Å². The molecule has 6 heteroatoms. The molecule has 0 aliphatic heterocycles. The van der Waals surface area contributed by atoms with Crippen LogP contribution in [0.1, 0.15) is 47.9 Å². The number of hydrogen-bond donors (Lipinski definition) is 2. The maximum Gasteiger partial charge on any atom is 0.259 e. The summed E-state index contributed by atoms with van der Waals surface area (Å²) in [7, 11) is 0. The number of hydrogen-bond acceptors (Lipinski definition) is 3. The van der Waals surface area contributed by atoms with Crippen molar-refractivity contribution >= 4 is 33.4 Å². The Hall–Kier alpha value is -2.34. The van der Waals surface area contributed by atoms with E-state index >= 15 is 0 Å². The molecule has 144 valence electrons. The van der Waals surface area contributed by atoms with E-state index in [1.165, 1.54) is 0 Å². The van der Waals surface area contributed by atoms with E-state index in [0.29, 0.717) is 41.6 Å². The van der Waals surface area contributed by atoms with E-state index in [1.807, 2.05) is 13.0 Å². The largest absolute Gasteiger partial charge is 0.493 e. The van der Waals surface area contributed by atoms with Crippen LogP contribution < -0.4 is 15.4 Å². The van der Waals surface area contributed by atoms with Crippen LogP contribution in [0.5, 0.6) is 5.75 Å². The van der Waals surface area contributed by atoms with Gasteiger partial charge in [-0.2, -0.15) is 0 Å². The van der Waals surface area contributed by atoms with Crippen LogP contribution in [0, 0.1) is 5.92 Å². The third-order valence-electron chi connectivity index (χ3n) is 3.90. The lowest BCUT2D eigenvalue weighted by atomic mass is 10.1. The minimum atomic E-state index is -0.326. The molecule has 0 saturated carbocycles. The highest BCUT2D eigenvalue weighted by Gasteiger charge is 2.17. The topological polar surface area (TPSA) is 67.4 Å². The first-order valence-corrected chi connectivity index (χ1v) is 9.82. The summed E-state index contributed by atoms with van der Waals surface area (Å²) >= 11 is 3.40. The van der Waals surface area contributed by atoms with Crippen molar-refractivity contribution in [1.29, 1.82) is 0 Å². The van der Waals surface area contributed by atoms with Crippen LogP contribution in [0.15, 0.2) is 46.9 Å². The van der Waals surface area contributed by atoms with Gasteiger partial charge in [0.25, 0.3) is 11.8 Å². The second-order valence-corrected chi connectivity index (χ2v) is 7.45. The summed E-state index contributed by atoms with van der Waals surface area (Å²) in [5, 5.41) is 5.58. The minimum Gasteiger partial charge on any atom is -0.493 e. The van der Waals surface area contributed by atoms with E-state index in [-0.39, 0.29) is 11.8 Å². The van der Waals surface area contributed by atoms with Crippen molar-refractivity contribution in [2.45, 2.75) is 27.2 Å². The SMILES string of the molecule is CCNC(=O)c1ccccc1NC(=O)c1cc(Br)ccc1OCCC(C)C.